The summed E-state index contributed by atoms with van der Waals surface area (Å²) in [6, 6.07) is 8.70. The maximum absolute atomic E-state index is 11.5. The van der Waals surface area contributed by atoms with Crippen LogP contribution in [0.3, 0.4) is 0 Å². The molecule has 0 fully saturated rings. The fourth-order valence-electron chi connectivity index (χ4n) is 2.06. The molecule has 0 bridgehead atoms. The third-order valence-electron chi connectivity index (χ3n) is 3.17. The first kappa shape index (κ1) is 15.9. The molecular weight excluding hydrogens is 352 g/mol. The van der Waals surface area contributed by atoms with Crippen LogP contribution in [0.2, 0.25) is 0 Å². The van der Waals surface area contributed by atoms with Crippen molar-refractivity contribution >= 4 is 42.8 Å². The number of sulfone groups is 1. The van der Waals surface area contributed by atoms with Gasteiger partial charge in [0, 0.05) is 16.4 Å². The molecule has 3 N–H and O–H groups in total. The molecule has 0 aliphatic carbocycles. The second-order valence-electron chi connectivity index (χ2n) is 5.07. The van der Waals surface area contributed by atoms with Gasteiger partial charge >= 0.3 is 0 Å². The first-order chi connectivity index (χ1) is 9.68. The predicted octanol–water partition coefficient (Wildman–Crippen LogP) is 3.80. The number of anilines is 3. The minimum Gasteiger partial charge on any atom is -0.397 e. The Kier molecular flexibility index (Phi) is 4.30. The number of hydrogen-bond donors (Lipinski definition) is 2. The van der Waals surface area contributed by atoms with Crippen LogP contribution in [0.1, 0.15) is 11.1 Å². The van der Waals surface area contributed by atoms with E-state index >= 15 is 0 Å². The molecular formula is C15H17BrN2O2S. The van der Waals surface area contributed by atoms with Crippen molar-refractivity contribution < 1.29 is 8.42 Å². The van der Waals surface area contributed by atoms with Gasteiger partial charge in [-0.1, -0.05) is 15.9 Å². The Bertz CT molecular complexity index is 778. The van der Waals surface area contributed by atoms with E-state index in [0.717, 1.165) is 27.5 Å². The number of hydrogen-bond acceptors (Lipinski definition) is 4. The highest BCUT2D eigenvalue weighted by Crippen LogP contribution is 2.30. The Morgan fingerprint density at radius 3 is 2.14 bits per heavy atom. The van der Waals surface area contributed by atoms with Crippen molar-refractivity contribution in [2.24, 2.45) is 0 Å². The molecule has 0 saturated heterocycles. The predicted molar refractivity (Wildman–Crippen MR) is 90.9 cm³/mol. The molecule has 4 nitrogen and oxygen atoms in total. The van der Waals surface area contributed by atoms with Gasteiger partial charge in [0.25, 0.3) is 0 Å². The van der Waals surface area contributed by atoms with E-state index < -0.39 is 9.84 Å². The molecule has 0 unspecified atom stereocenters. The Morgan fingerprint density at radius 1 is 1.10 bits per heavy atom. The average molecular weight is 369 g/mol. The smallest absolute Gasteiger partial charge is 0.175 e. The zero-order valence-corrected chi connectivity index (χ0v) is 14.5. The van der Waals surface area contributed by atoms with Gasteiger partial charge in [0.1, 0.15) is 0 Å². The molecule has 0 saturated carbocycles. The molecule has 112 valence electrons. The fourth-order valence-corrected chi connectivity index (χ4v) is 2.94. The third kappa shape index (κ3) is 3.57. The number of aryl methyl sites for hydroxylation is 2. The molecule has 0 aromatic heterocycles. The molecule has 0 atom stereocenters. The lowest BCUT2D eigenvalue weighted by Crippen LogP contribution is -2.02. The Hall–Kier alpha value is -1.53. The zero-order chi connectivity index (χ0) is 15.8. The highest BCUT2D eigenvalue weighted by molar-refractivity contribution is 9.10. The van der Waals surface area contributed by atoms with Crippen molar-refractivity contribution in [3.8, 4) is 0 Å². The summed E-state index contributed by atoms with van der Waals surface area (Å²) < 4.78 is 24.1. The molecule has 6 heteroatoms. The fraction of sp³-hybridized carbons (Fsp3) is 0.200. The molecule has 2 aromatic carbocycles. The molecule has 0 aliphatic rings. The molecule has 2 aromatic rings. The van der Waals surface area contributed by atoms with Gasteiger partial charge in [-0.05, 0) is 55.3 Å². The minimum absolute atomic E-state index is 0.216. The highest BCUT2D eigenvalue weighted by Gasteiger charge is 2.10. The van der Waals surface area contributed by atoms with Gasteiger partial charge in [0.05, 0.1) is 16.3 Å². The van der Waals surface area contributed by atoms with Crippen LogP contribution in [0.4, 0.5) is 17.1 Å². The van der Waals surface area contributed by atoms with Gasteiger partial charge in [-0.2, -0.15) is 0 Å². The maximum atomic E-state index is 11.5. The van der Waals surface area contributed by atoms with E-state index in [4.69, 9.17) is 5.73 Å². The molecule has 0 amide bonds. The molecule has 0 heterocycles. The first-order valence-corrected chi connectivity index (χ1v) is 9.00. The number of nitrogens with two attached hydrogens (primary N) is 1. The minimum atomic E-state index is -3.25. The van der Waals surface area contributed by atoms with Crippen LogP contribution in [-0.2, 0) is 9.84 Å². The van der Waals surface area contributed by atoms with Crippen molar-refractivity contribution in [3.63, 3.8) is 0 Å². The molecule has 0 aliphatic heterocycles. The van der Waals surface area contributed by atoms with Crippen LogP contribution in [0.15, 0.2) is 39.7 Å². The summed E-state index contributed by atoms with van der Waals surface area (Å²) in [5.74, 6) is 0. The monoisotopic (exact) mass is 368 g/mol. The molecule has 0 spiro atoms. The summed E-state index contributed by atoms with van der Waals surface area (Å²) in [5.41, 5.74) is 10.2. The summed E-state index contributed by atoms with van der Waals surface area (Å²) in [7, 11) is -3.25. The van der Waals surface area contributed by atoms with E-state index in [2.05, 4.69) is 21.2 Å². The topological polar surface area (TPSA) is 72.2 Å². The summed E-state index contributed by atoms with van der Waals surface area (Å²) in [4.78, 5) is 0.216. The second-order valence-corrected chi connectivity index (χ2v) is 7.88. The van der Waals surface area contributed by atoms with E-state index in [1.807, 2.05) is 26.0 Å². The Labute approximate surface area is 133 Å². The van der Waals surface area contributed by atoms with E-state index in [1.54, 1.807) is 12.1 Å². The number of rotatable bonds is 3. The average Bonchev–Trinajstić information content (AvgIpc) is 2.37. The van der Waals surface area contributed by atoms with Crippen LogP contribution in [0, 0.1) is 13.8 Å². The van der Waals surface area contributed by atoms with Gasteiger partial charge in [0.15, 0.2) is 9.84 Å². The van der Waals surface area contributed by atoms with E-state index in [-0.39, 0.29) is 4.90 Å². The van der Waals surface area contributed by atoms with Gasteiger partial charge in [-0.15, -0.1) is 0 Å². The highest BCUT2D eigenvalue weighted by atomic mass is 79.9. The van der Waals surface area contributed by atoms with Gasteiger partial charge in [-0.3, -0.25) is 0 Å². The normalized spacial score (nSPS) is 11.4. The van der Waals surface area contributed by atoms with Crippen molar-refractivity contribution in [3.05, 3.63) is 45.9 Å². The van der Waals surface area contributed by atoms with E-state index in [1.165, 1.54) is 6.07 Å². The molecule has 2 rings (SSSR count). The SMILES string of the molecule is Cc1cc(Nc2ccc(S(C)(=O)=O)cc2N)cc(C)c1Br. The van der Waals surface area contributed by atoms with Crippen molar-refractivity contribution in [2.45, 2.75) is 18.7 Å². The van der Waals surface area contributed by atoms with Crippen LogP contribution in [0.25, 0.3) is 0 Å². The number of benzene rings is 2. The van der Waals surface area contributed by atoms with Crippen LogP contribution < -0.4 is 11.1 Å². The number of nitrogen functional groups attached to an aromatic ring is 1. The lowest BCUT2D eigenvalue weighted by molar-refractivity contribution is 0.602. The number of halogens is 1. The second kappa shape index (κ2) is 5.69. The third-order valence-corrected chi connectivity index (χ3v) is 5.53. The van der Waals surface area contributed by atoms with Crippen LogP contribution in [0.5, 0.6) is 0 Å². The largest absolute Gasteiger partial charge is 0.397 e. The summed E-state index contributed by atoms with van der Waals surface area (Å²) in [6.07, 6.45) is 1.16. The molecule has 0 radical (unpaired) electrons. The standard InChI is InChI=1S/C15H17BrN2O2S/c1-9-6-11(7-10(2)15(9)16)18-14-5-4-12(8-13(14)17)21(3,19)20/h4-8,18H,17H2,1-3H3. The summed E-state index contributed by atoms with van der Waals surface area (Å²) in [6.45, 7) is 4.02. The van der Waals surface area contributed by atoms with Crippen LogP contribution >= 0.6 is 15.9 Å². The van der Waals surface area contributed by atoms with Crippen LogP contribution in [-0.4, -0.2) is 14.7 Å². The lowest BCUT2D eigenvalue weighted by Gasteiger charge is -2.13. The van der Waals surface area contributed by atoms with Gasteiger partial charge in [-0.25, -0.2) is 8.42 Å². The summed E-state index contributed by atoms with van der Waals surface area (Å²) in [5, 5.41) is 3.22. The van der Waals surface area contributed by atoms with Crippen molar-refractivity contribution in [1.82, 2.24) is 0 Å². The van der Waals surface area contributed by atoms with Gasteiger partial charge < -0.3 is 11.1 Å². The maximum Gasteiger partial charge on any atom is 0.175 e. The van der Waals surface area contributed by atoms with E-state index in [9.17, 15) is 8.42 Å². The summed E-state index contributed by atoms with van der Waals surface area (Å²) >= 11 is 3.53. The zero-order valence-electron chi connectivity index (χ0n) is 12.1. The molecule has 21 heavy (non-hydrogen) atoms. The lowest BCUT2D eigenvalue weighted by atomic mass is 10.1. The van der Waals surface area contributed by atoms with Gasteiger partial charge in [0.2, 0.25) is 0 Å². The first-order valence-electron chi connectivity index (χ1n) is 6.32. The Morgan fingerprint density at radius 2 is 1.67 bits per heavy atom. The van der Waals surface area contributed by atoms with E-state index in [0.29, 0.717) is 11.4 Å². The van der Waals surface area contributed by atoms with Crippen molar-refractivity contribution in [2.75, 3.05) is 17.3 Å². The quantitative estimate of drug-likeness (QED) is 0.808. The Balaban J connectivity index is 2.37. The van der Waals surface area contributed by atoms with Crippen molar-refractivity contribution in [1.29, 1.82) is 0 Å². The number of nitrogens with one attached hydrogen (secondary N) is 1.